The molecule has 0 spiro atoms. The van der Waals surface area contributed by atoms with Crippen molar-refractivity contribution >= 4 is 11.9 Å². The quantitative estimate of drug-likeness (QED) is 0.806. The summed E-state index contributed by atoms with van der Waals surface area (Å²) in [5.41, 5.74) is 0.895. The first-order chi connectivity index (χ1) is 10.0. The van der Waals surface area contributed by atoms with Crippen molar-refractivity contribution in [1.82, 2.24) is 10.5 Å². The minimum Gasteiger partial charge on any atom is -0.508 e. The Bertz CT molecular complexity index is 633. The lowest BCUT2D eigenvalue weighted by Gasteiger charge is -2.02. The number of hydrogen-bond acceptors (Lipinski definition) is 6. The lowest BCUT2D eigenvalue weighted by Crippen LogP contribution is -2.22. The van der Waals surface area contributed by atoms with Gasteiger partial charge in [-0.1, -0.05) is 5.16 Å². The van der Waals surface area contributed by atoms with Gasteiger partial charge in [0.05, 0.1) is 6.54 Å². The molecule has 110 valence electrons. The molecule has 0 aliphatic heterocycles. The van der Waals surface area contributed by atoms with Crippen molar-refractivity contribution in [2.75, 3.05) is 0 Å². The number of phenols is 1. The molecule has 2 rings (SSSR count). The van der Waals surface area contributed by atoms with Crippen LogP contribution in [0.3, 0.4) is 0 Å². The van der Waals surface area contributed by atoms with Gasteiger partial charge in [-0.25, -0.2) is 0 Å². The fraction of sp³-hybridized carbons (Fsp3) is 0.214. The van der Waals surface area contributed by atoms with Crippen molar-refractivity contribution in [3.8, 4) is 5.75 Å². The number of hydrogen-bond donors (Lipinski definition) is 2. The normalized spacial score (nSPS) is 10.1. The third kappa shape index (κ3) is 4.34. The SMILES string of the molecule is CC(=O)OCc1cc(CNC(=O)c2ccc(O)cc2)on1. The van der Waals surface area contributed by atoms with Crippen molar-refractivity contribution in [2.45, 2.75) is 20.1 Å². The second-order valence-electron chi connectivity index (χ2n) is 4.29. The molecule has 1 amide bonds. The number of nitrogens with one attached hydrogen (secondary N) is 1. The molecule has 1 aromatic carbocycles. The van der Waals surface area contributed by atoms with Crippen LogP contribution < -0.4 is 5.32 Å². The number of esters is 1. The molecule has 0 atom stereocenters. The standard InChI is InChI=1S/C14H14N2O5/c1-9(17)20-8-11-6-13(21-16-11)7-15-14(19)10-2-4-12(18)5-3-10/h2-6,18H,7-8H2,1H3,(H,15,19). The molecule has 0 saturated heterocycles. The van der Waals surface area contributed by atoms with Gasteiger partial charge in [0.2, 0.25) is 0 Å². The number of rotatable bonds is 5. The highest BCUT2D eigenvalue weighted by atomic mass is 16.5. The first-order valence-electron chi connectivity index (χ1n) is 6.19. The van der Waals surface area contributed by atoms with Crippen LogP contribution in [-0.4, -0.2) is 22.1 Å². The summed E-state index contributed by atoms with van der Waals surface area (Å²) in [7, 11) is 0. The first kappa shape index (κ1) is 14.6. The highest BCUT2D eigenvalue weighted by Gasteiger charge is 2.09. The molecule has 1 aromatic heterocycles. The second-order valence-corrected chi connectivity index (χ2v) is 4.29. The summed E-state index contributed by atoms with van der Waals surface area (Å²) in [6, 6.07) is 7.48. The molecule has 1 heterocycles. The van der Waals surface area contributed by atoms with E-state index in [1.807, 2.05) is 0 Å². The van der Waals surface area contributed by atoms with Crippen LogP contribution in [0.4, 0.5) is 0 Å². The molecule has 7 nitrogen and oxygen atoms in total. The molecule has 0 radical (unpaired) electrons. The Morgan fingerprint density at radius 1 is 1.33 bits per heavy atom. The van der Waals surface area contributed by atoms with Gasteiger partial charge in [0, 0.05) is 18.6 Å². The van der Waals surface area contributed by atoms with Crippen molar-refractivity contribution in [2.24, 2.45) is 0 Å². The molecule has 0 bridgehead atoms. The minimum atomic E-state index is -0.403. The Labute approximate surface area is 120 Å². The fourth-order valence-electron chi connectivity index (χ4n) is 1.56. The summed E-state index contributed by atoms with van der Waals surface area (Å²) in [5.74, 6) is -0.158. The number of carbonyl (C=O) groups is 2. The summed E-state index contributed by atoms with van der Waals surface area (Å²) < 4.78 is 9.78. The highest BCUT2D eigenvalue weighted by molar-refractivity contribution is 5.94. The maximum absolute atomic E-state index is 11.8. The molecule has 2 aromatic rings. The predicted molar refractivity (Wildman–Crippen MR) is 71.3 cm³/mol. The monoisotopic (exact) mass is 290 g/mol. The van der Waals surface area contributed by atoms with Gasteiger partial charge >= 0.3 is 5.97 Å². The second kappa shape index (κ2) is 6.56. The van der Waals surface area contributed by atoms with Gasteiger partial charge in [-0.15, -0.1) is 0 Å². The van der Waals surface area contributed by atoms with Crippen LogP contribution in [0, 0.1) is 0 Å². The highest BCUT2D eigenvalue weighted by Crippen LogP contribution is 2.10. The van der Waals surface area contributed by atoms with Gasteiger partial charge in [-0.05, 0) is 24.3 Å². The van der Waals surface area contributed by atoms with E-state index in [-0.39, 0.29) is 24.8 Å². The van der Waals surface area contributed by atoms with E-state index in [2.05, 4.69) is 10.5 Å². The molecule has 0 unspecified atom stereocenters. The maximum atomic E-state index is 11.8. The molecular weight excluding hydrogens is 276 g/mol. The van der Waals surface area contributed by atoms with E-state index < -0.39 is 5.97 Å². The number of benzene rings is 1. The topological polar surface area (TPSA) is 102 Å². The average molecular weight is 290 g/mol. The predicted octanol–water partition coefficient (Wildman–Crippen LogP) is 1.37. The Hall–Kier alpha value is -2.83. The van der Waals surface area contributed by atoms with Gasteiger partial charge in [-0.2, -0.15) is 0 Å². The molecule has 0 fully saturated rings. The zero-order valence-corrected chi connectivity index (χ0v) is 11.3. The number of nitrogens with zero attached hydrogens (tertiary/aromatic N) is 1. The average Bonchev–Trinajstić information content (AvgIpc) is 2.91. The molecule has 0 aliphatic carbocycles. The van der Waals surface area contributed by atoms with E-state index in [1.54, 1.807) is 6.07 Å². The Morgan fingerprint density at radius 3 is 2.71 bits per heavy atom. The summed E-state index contributed by atoms with van der Waals surface area (Å²) in [6.45, 7) is 1.50. The third-order valence-corrected chi connectivity index (χ3v) is 2.58. The fourth-order valence-corrected chi connectivity index (χ4v) is 1.56. The van der Waals surface area contributed by atoms with Gasteiger partial charge in [-0.3, -0.25) is 9.59 Å². The number of aromatic hydroxyl groups is 1. The maximum Gasteiger partial charge on any atom is 0.303 e. The Balaban J connectivity index is 1.86. The molecular formula is C14H14N2O5. The van der Waals surface area contributed by atoms with Crippen molar-refractivity contribution in [1.29, 1.82) is 0 Å². The van der Waals surface area contributed by atoms with Crippen LogP contribution in [0.2, 0.25) is 0 Å². The lowest BCUT2D eigenvalue weighted by atomic mass is 10.2. The van der Waals surface area contributed by atoms with E-state index in [0.717, 1.165) is 0 Å². The van der Waals surface area contributed by atoms with E-state index in [9.17, 15) is 9.59 Å². The smallest absolute Gasteiger partial charge is 0.303 e. The molecule has 7 heteroatoms. The molecule has 21 heavy (non-hydrogen) atoms. The van der Waals surface area contributed by atoms with Gasteiger partial charge < -0.3 is 19.7 Å². The third-order valence-electron chi connectivity index (χ3n) is 2.58. The van der Waals surface area contributed by atoms with Gasteiger partial charge in [0.15, 0.2) is 5.76 Å². The van der Waals surface area contributed by atoms with E-state index in [4.69, 9.17) is 14.4 Å². The number of ether oxygens (including phenoxy) is 1. The Kier molecular flexibility index (Phi) is 4.55. The van der Waals surface area contributed by atoms with Crippen molar-refractivity contribution in [3.05, 3.63) is 47.3 Å². The molecule has 2 N–H and O–H groups in total. The van der Waals surface area contributed by atoms with Crippen LogP contribution in [0.5, 0.6) is 5.75 Å². The summed E-state index contributed by atoms with van der Waals surface area (Å²) in [4.78, 5) is 22.5. The lowest BCUT2D eigenvalue weighted by molar-refractivity contribution is -0.142. The van der Waals surface area contributed by atoms with Gasteiger partial charge in [0.1, 0.15) is 18.1 Å². The first-order valence-corrected chi connectivity index (χ1v) is 6.19. The van der Waals surface area contributed by atoms with Crippen LogP contribution in [0.15, 0.2) is 34.9 Å². The largest absolute Gasteiger partial charge is 0.508 e. The number of aromatic nitrogens is 1. The van der Waals surface area contributed by atoms with E-state index in [1.165, 1.54) is 31.2 Å². The summed E-state index contributed by atoms with van der Waals surface area (Å²) in [6.07, 6.45) is 0. The minimum absolute atomic E-state index is 0.0325. The summed E-state index contributed by atoms with van der Waals surface area (Å²) in [5, 5.41) is 15.5. The zero-order chi connectivity index (χ0) is 15.2. The van der Waals surface area contributed by atoms with Crippen LogP contribution in [-0.2, 0) is 22.7 Å². The van der Waals surface area contributed by atoms with E-state index >= 15 is 0 Å². The number of amides is 1. The van der Waals surface area contributed by atoms with E-state index in [0.29, 0.717) is 17.0 Å². The zero-order valence-electron chi connectivity index (χ0n) is 11.3. The molecule has 0 aliphatic rings. The number of carbonyl (C=O) groups excluding carboxylic acids is 2. The van der Waals surface area contributed by atoms with Crippen molar-refractivity contribution < 1.29 is 24.0 Å². The van der Waals surface area contributed by atoms with Crippen LogP contribution in [0.25, 0.3) is 0 Å². The number of phenolic OH excluding ortho intramolecular Hbond substituents is 1. The van der Waals surface area contributed by atoms with Gasteiger partial charge in [0.25, 0.3) is 5.91 Å². The van der Waals surface area contributed by atoms with Crippen molar-refractivity contribution in [3.63, 3.8) is 0 Å². The Morgan fingerprint density at radius 2 is 2.05 bits per heavy atom. The molecule has 0 saturated carbocycles. The van der Waals surface area contributed by atoms with Crippen LogP contribution in [0.1, 0.15) is 28.7 Å². The van der Waals surface area contributed by atoms with Crippen LogP contribution >= 0.6 is 0 Å². The summed E-state index contributed by atoms with van der Waals surface area (Å²) >= 11 is 0.